The standard InChI is InChI=1S/C28H29N3O3/c1-2-34-26(32)18-30-23-11-3-4-12-24(23)31(28(30)33)21-13-15-29(16-14-21)25-17-20-9-5-7-19-8-6-10-22(25)27(19)20/h3-12,21,25H,2,13-18H2,1H3/t25-/m1/s1. The lowest BCUT2D eigenvalue weighted by Gasteiger charge is -2.36. The summed E-state index contributed by atoms with van der Waals surface area (Å²) < 4.78 is 8.59. The van der Waals surface area contributed by atoms with Gasteiger partial charge in [0.2, 0.25) is 0 Å². The second-order valence-electron chi connectivity index (χ2n) is 9.38. The van der Waals surface area contributed by atoms with Crippen molar-refractivity contribution in [3.05, 3.63) is 82.3 Å². The number of aromatic nitrogens is 2. The van der Waals surface area contributed by atoms with E-state index in [-0.39, 0.29) is 24.2 Å². The molecule has 1 atom stereocenters. The molecule has 174 valence electrons. The van der Waals surface area contributed by atoms with Crippen molar-refractivity contribution in [3.8, 4) is 0 Å². The van der Waals surface area contributed by atoms with Gasteiger partial charge < -0.3 is 4.74 Å². The quantitative estimate of drug-likeness (QED) is 0.417. The smallest absolute Gasteiger partial charge is 0.329 e. The van der Waals surface area contributed by atoms with Gasteiger partial charge in [0.25, 0.3) is 0 Å². The number of rotatable bonds is 5. The SMILES string of the molecule is CCOC(=O)Cn1c(=O)n(C2CCN([C@@H]3Cc4cccc5cccc3c45)CC2)c2ccccc21. The summed E-state index contributed by atoms with van der Waals surface area (Å²) in [5, 5.41) is 2.75. The van der Waals surface area contributed by atoms with Crippen molar-refractivity contribution < 1.29 is 9.53 Å². The molecule has 6 heteroatoms. The Kier molecular flexibility index (Phi) is 5.26. The number of hydrogen-bond donors (Lipinski definition) is 0. The van der Waals surface area contributed by atoms with Crippen LogP contribution in [0.2, 0.25) is 0 Å². The zero-order valence-electron chi connectivity index (χ0n) is 19.4. The molecule has 2 heterocycles. The van der Waals surface area contributed by atoms with Crippen LogP contribution in [-0.4, -0.2) is 39.7 Å². The molecule has 34 heavy (non-hydrogen) atoms. The molecule has 3 aromatic carbocycles. The summed E-state index contributed by atoms with van der Waals surface area (Å²) in [4.78, 5) is 28.2. The van der Waals surface area contributed by atoms with Crippen molar-refractivity contribution in [2.24, 2.45) is 0 Å². The number of ether oxygens (including phenoxy) is 1. The molecule has 0 saturated carbocycles. The van der Waals surface area contributed by atoms with Crippen molar-refractivity contribution in [1.29, 1.82) is 0 Å². The lowest BCUT2D eigenvalue weighted by Crippen LogP contribution is -2.40. The molecule has 0 amide bonds. The summed E-state index contributed by atoms with van der Waals surface area (Å²) in [7, 11) is 0. The zero-order chi connectivity index (χ0) is 23.2. The highest BCUT2D eigenvalue weighted by Gasteiger charge is 2.33. The predicted molar refractivity (Wildman–Crippen MR) is 133 cm³/mol. The highest BCUT2D eigenvalue weighted by molar-refractivity contribution is 5.91. The monoisotopic (exact) mass is 455 g/mol. The molecule has 0 N–H and O–H groups in total. The van der Waals surface area contributed by atoms with Crippen LogP contribution in [0.1, 0.15) is 43.0 Å². The number of likely N-dealkylation sites (tertiary alicyclic amines) is 1. The number of carbonyl (C=O) groups excluding carboxylic acids is 1. The summed E-state index contributed by atoms with van der Waals surface area (Å²) in [6.45, 7) is 3.93. The molecule has 6 rings (SSSR count). The zero-order valence-corrected chi connectivity index (χ0v) is 19.4. The Balaban J connectivity index is 1.26. The second-order valence-corrected chi connectivity index (χ2v) is 9.38. The van der Waals surface area contributed by atoms with E-state index in [0.717, 1.165) is 43.4 Å². The van der Waals surface area contributed by atoms with E-state index in [9.17, 15) is 9.59 Å². The van der Waals surface area contributed by atoms with Gasteiger partial charge >= 0.3 is 11.7 Å². The van der Waals surface area contributed by atoms with Crippen LogP contribution >= 0.6 is 0 Å². The van der Waals surface area contributed by atoms with E-state index in [1.54, 1.807) is 11.5 Å². The van der Waals surface area contributed by atoms with E-state index >= 15 is 0 Å². The fourth-order valence-corrected chi connectivity index (χ4v) is 6.07. The van der Waals surface area contributed by atoms with E-state index in [2.05, 4.69) is 41.3 Å². The Hall–Kier alpha value is -3.38. The van der Waals surface area contributed by atoms with E-state index < -0.39 is 0 Å². The largest absolute Gasteiger partial charge is 0.465 e. The Morgan fingerprint density at radius 1 is 0.971 bits per heavy atom. The number of hydrogen-bond acceptors (Lipinski definition) is 4. The highest BCUT2D eigenvalue weighted by Crippen LogP contribution is 2.41. The molecule has 1 aliphatic carbocycles. The van der Waals surface area contributed by atoms with Crippen molar-refractivity contribution in [3.63, 3.8) is 0 Å². The molecule has 1 fully saturated rings. The van der Waals surface area contributed by atoms with Crippen molar-refractivity contribution >= 4 is 27.8 Å². The third kappa shape index (κ3) is 3.36. The fourth-order valence-electron chi connectivity index (χ4n) is 6.07. The topological polar surface area (TPSA) is 56.5 Å². The van der Waals surface area contributed by atoms with Crippen molar-refractivity contribution in [2.75, 3.05) is 19.7 Å². The first-order valence-corrected chi connectivity index (χ1v) is 12.3. The van der Waals surface area contributed by atoms with Gasteiger partial charge in [0, 0.05) is 25.2 Å². The van der Waals surface area contributed by atoms with Gasteiger partial charge in [-0.2, -0.15) is 0 Å². The normalized spacial score (nSPS) is 18.7. The van der Waals surface area contributed by atoms with Crippen LogP contribution in [0.4, 0.5) is 0 Å². The van der Waals surface area contributed by atoms with E-state index in [1.807, 2.05) is 28.8 Å². The molecule has 0 bridgehead atoms. The first-order chi connectivity index (χ1) is 16.7. The number of fused-ring (bicyclic) bond motifs is 1. The molecule has 0 spiro atoms. The minimum Gasteiger partial charge on any atom is -0.465 e. The van der Waals surface area contributed by atoms with Crippen molar-refractivity contribution in [1.82, 2.24) is 14.0 Å². The minimum absolute atomic E-state index is 0.0522. The van der Waals surface area contributed by atoms with E-state index in [4.69, 9.17) is 4.74 Å². The third-order valence-corrected chi connectivity index (χ3v) is 7.56. The number of esters is 1. The number of piperidine rings is 1. The lowest BCUT2D eigenvalue weighted by atomic mass is 9.99. The molecule has 2 aliphatic rings. The van der Waals surface area contributed by atoms with Gasteiger partial charge in [0.05, 0.1) is 17.6 Å². The molecule has 0 unspecified atom stereocenters. The Bertz CT molecular complexity index is 1440. The molecule has 1 aliphatic heterocycles. The number of para-hydroxylation sites is 2. The maximum Gasteiger partial charge on any atom is 0.329 e. The molecule has 4 aromatic rings. The van der Waals surface area contributed by atoms with Crippen LogP contribution in [0.25, 0.3) is 21.8 Å². The maximum absolute atomic E-state index is 13.4. The summed E-state index contributed by atoms with van der Waals surface area (Å²) in [5.74, 6) is -0.378. The number of nitrogens with zero attached hydrogens (tertiary/aromatic N) is 3. The first kappa shape index (κ1) is 21.2. The average Bonchev–Trinajstić information content (AvgIpc) is 3.37. The fraction of sp³-hybridized carbons (Fsp3) is 0.357. The third-order valence-electron chi connectivity index (χ3n) is 7.56. The highest BCUT2D eigenvalue weighted by atomic mass is 16.5. The molecular weight excluding hydrogens is 426 g/mol. The van der Waals surface area contributed by atoms with Crippen LogP contribution in [0.3, 0.4) is 0 Å². The van der Waals surface area contributed by atoms with Crippen molar-refractivity contribution in [2.45, 2.75) is 44.8 Å². The number of imidazole rings is 1. The maximum atomic E-state index is 13.4. The van der Waals surface area contributed by atoms with Crippen LogP contribution in [-0.2, 0) is 22.5 Å². The number of benzene rings is 3. The van der Waals surface area contributed by atoms with Gasteiger partial charge in [-0.05, 0) is 60.2 Å². The predicted octanol–water partition coefficient (Wildman–Crippen LogP) is 4.45. The summed E-state index contributed by atoms with van der Waals surface area (Å²) in [6, 6.07) is 21.6. The van der Waals surface area contributed by atoms with Gasteiger partial charge in [-0.1, -0.05) is 48.5 Å². The van der Waals surface area contributed by atoms with Gasteiger partial charge in [0.15, 0.2) is 0 Å². The molecule has 6 nitrogen and oxygen atoms in total. The summed E-state index contributed by atoms with van der Waals surface area (Å²) in [6.07, 6.45) is 2.88. The average molecular weight is 456 g/mol. The Morgan fingerprint density at radius 3 is 2.47 bits per heavy atom. The molecular formula is C28H29N3O3. The van der Waals surface area contributed by atoms with Crippen LogP contribution in [0.5, 0.6) is 0 Å². The Morgan fingerprint density at radius 2 is 1.71 bits per heavy atom. The van der Waals surface area contributed by atoms with Crippen LogP contribution < -0.4 is 5.69 Å². The molecule has 1 aromatic heterocycles. The summed E-state index contributed by atoms with van der Waals surface area (Å²) >= 11 is 0. The molecule has 0 radical (unpaired) electrons. The van der Waals surface area contributed by atoms with E-state index in [1.165, 1.54) is 21.9 Å². The lowest BCUT2D eigenvalue weighted by molar-refractivity contribution is -0.143. The Labute approximate surface area is 198 Å². The number of carbonyl (C=O) groups is 1. The van der Waals surface area contributed by atoms with Gasteiger partial charge in [0.1, 0.15) is 6.54 Å². The van der Waals surface area contributed by atoms with Gasteiger partial charge in [-0.3, -0.25) is 18.8 Å². The van der Waals surface area contributed by atoms with Gasteiger partial charge in [-0.25, -0.2) is 4.79 Å². The second kappa shape index (κ2) is 8.44. The van der Waals surface area contributed by atoms with Crippen LogP contribution in [0.15, 0.2) is 65.5 Å². The van der Waals surface area contributed by atoms with Gasteiger partial charge in [-0.15, -0.1) is 0 Å². The first-order valence-electron chi connectivity index (χ1n) is 12.3. The van der Waals surface area contributed by atoms with Crippen LogP contribution in [0, 0.1) is 0 Å². The molecule has 1 saturated heterocycles. The minimum atomic E-state index is -0.378. The van der Waals surface area contributed by atoms with E-state index in [0.29, 0.717) is 12.6 Å². The summed E-state index contributed by atoms with van der Waals surface area (Å²) in [5.41, 5.74) is 4.45.